The van der Waals surface area contributed by atoms with E-state index in [1.54, 1.807) is 0 Å². The number of carbonyl (C=O) groups excluding carboxylic acids is 3. The molecule has 0 saturated carbocycles. The Hall–Kier alpha value is -3.48. The summed E-state index contributed by atoms with van der Waals surface area (Å²) in [6.45, 7) is 3.10. The average molecular weight is 407 g/mol. The fourth-order valence-electron chi connectivity index (χ4n) is 3.03. The van der Waals surface area contributed by atoms with Crippen LogP contribution in [0.3, 0.4) is 0 Å². The van der Waals surface area contributed by atoms with Gasteiger partial charge in [-0.05, 0) is 29.7 Å². The number of hydrogen-bond acceptors (Lipinski definition) is 5. The summed E-state index contributed by atoms with van der Waals surface area (Å²) in [7, 11) is 0. The standard InChI is InChI=1S/C23H25N3O4/c1-2-17-9-11-19(12-10-17)30-14-6-13-24-15-20-21(27)25-23(29)26(22(20)28)16-18-7-4-3-5-8-18/h3-5,7-12,15,20H,2,6,13-14,16H2,1H3,(H,25,27,29). The molecule has 0 aliphatic carbocycles. The van der Waals surface area contributed by atoms with E-state index in [0.717, 1.165) is 22.6 Å². The minimum atomic E-state index is -1.10. The van der Waals surface area contributed by atoms with E-state index >= 15 is 0 Å². The van der Waals surface area contributed by atoms with Crippen molar-refractivity contribution in [3.63, 3.8) is 0 Å². The van der Waals surface area contributed by atoms with Gasteiger partial charge < -0.3 is 4.74 Å². The molecule has 1 atom stereocenters. The topological polar surface area (TPSA) is 88.1 Å². The summed E-state index contributed by atoms with van der Waals surface area (Å²) < 4.78 is 5.66. The molecule has 1 heterocycles. The number of benzene rings is 2. The minimum absolute atomic E-state index is 0.105. The maximum atomic E-state index is 12.6. The van der Waals surface area contributed by atoms with E-state index in [1.165, 1.54) is 11.8 Å². The van der Waals surface area contributed by atoms with Crippen molar-refractivity contribution in [3.05, 3.63) is 65.7 Å². The molecular weight excluding hydrogens is 382 g/mol. The molecule has 1 aliphatic rings. The third-order valence-corrected chi connectivity index (χ3v) is 4.76. The molecule has 156 valence electrons. The first-order valence-corrected chi connectivity index (χ1v) is 10.00. The number of amides is 4. The molecule has 7 heteroatoms. The number of nitrogens with zero attached hydrogens (tertiary/aromatic N) is 2. The Labute approximate surface area is 175 Å². The van der Waals surface area contributed by atoms with Gasteiger partial charge in [0, 0.05) is 19.2 Å². The Morgan fingerprint density at radius 3 is 2.47 bits per heavy atom. The van der Waals surface area contributed by atoms with Crippen LogP contribution >= 0.6 is 0 Å². The highest BCUT2D eigenvalue weighted by molar-refractivity contribution is 6.23. The molecule has 1 saturated heterocycles. The lowest BCUT2D eigenvalue weighted by molar-refractivity contribution is -0.139. The zero-order chi connectivity index (χ0) is 21.3. The molecule has 0 bridgehead atoms. The summed E-state index contributed by atoms with van der Waals surface area (Å²) in [5.41, 5.74) is 2.05. The summed E-state index contributed by atoms with van der Waals surface area (Å²) in [5, 5.41) is 2.22. The van der Waals surface area contributed by atoms with Crippen molar-refractivity contribution < 1.29 is 19.1 Å². The van der Waals surface area contributed by atoms with Gasteiger partial charge in [0.05, 0.1) is 13.2 Å². The van der Waals surface area contributed by atoms with Crippen molar-refractivity contribution in [3.8, 4) is 5.75 Å². The van der Waals surface area contributed by atoms with Gasteiger partial charge in [-0.2, -0.15) is 0 Å². The average Bonchev–Trinajstić information content (AvgIpc) is 2.76. The molecule has 3 rings (SSSR count). The number of ether oxygens (including phenoxy) is 1. The number of rotatable bonds is 9. The predicted octanol–water partition coefficient (Wildman–Crippen LogP) is 2.98. The number of urea groups is 1. The second-order valence-electron chi connectivity index (χ2n) is 6.94. The molecule has 1 aliphatic heterocycles. The third kappa shape index (κ3) is 5.53. The highest BCUT2D eigenvalue weighted by Crippen LogP contribution is 2.14. The van der Waals surface area contributed by atoms with E-state index in [-0.39, 0.29) is 6.54 Å². The Kier molecular flexibility index (Phi) is 7.32. The van der Waals surface area contributed by atoms with Gasteiger partial charge in [0.2, 0.25) is 11.8 Å². The van der Waals surface area contributed by atoms with Gasteiger partial charge in [-0.3, -0.25) is 24.8 Å². The van der Waals surface area contributed by atoms with E-state index in [1.807, 2.05) is 54.6 Å². The molecule has 1 N–H and O–H groups in total. The van der Waals surface area contributed by atoms with Crippen LogP contribution in [0.25, 0.3) is 0 Å². The molecule has 7 nitrogen and oxygen atoms in total. The normalized spacial score (nSPS) is 16.8. The number of nitrogens with one attached hydrogen (secondary N) is 1. The Morgan fingerprint density at radius 1 is 1.03 bits per heavy atom. The lowest BCUT2D eigenvalue weighted by Gasteiger charge is -2.28. The fourth-order valence-corrected chi connectivity index (χ4v) is 3.03. The monoisotopic (exact) mass is 407 g/mol. The highest BCUT2D eigenvalue weighted by atomic mass is 16.5. The van der Waals surface area contributed by atoms with E-state index in [9.17, 15) is 14.4 Å². The minimum Gasteiger partial charge on any atom is -0.494 e. The summed E-state index contributed by atoms with van der Waals surface area (Å²) in [6, 6.07) is 16.4. The number of imide groups is 2. The molecule has 2 aromatic rings. The third-order valence-electron chi connectivity index (χ3n) is 4.76. The first-order chi connectivity index (χ1) is 14.6. The van der Waals surface area contributed by atoms with Crippen molar-refractivity contribution in [1.29, 1.82) is 0 Å². The van der Waals surface area contributed by atoms with Gasteiger partial charge in [-0.25, -0.2) is 4.79 Å². The van der Waals surface area contributed by atoms with Gasteiger partial charge in [-0.1, -0.05) is 49.4 Å². The van der Waals surface area contributed by atoms with Crippen molar-refractivity contribution >= 4 is 24.1 Å². The van der Waals surface area contributed by atoms with Gasteiger partial charge >= 0.3 is 6.03 Å². The maximum Gasteiger partial charge on any atom is 0.331 e. The van der Waals surface area contributed by atoms with Crippen molar-refractivity contribution in [2.24, 2.45) is 10.9 Å². The van der Waals surface area contributed by atoms with Gasteiger partial charge in [0.15, 0.2) is 5.92 Å². The van der Waals surface area contributed by atoms with Crippen LogP contribution in [0.2, 0.25) is 0 Å². The van der Waals surface area contributed by atoms with Crippen LogP contribution in [-0.2, 0) is 22.6 Å². The Bertz CT molecular complexity index is 910. The molecule has 30 heavy (non-hydrogen) atoms. The van der Waals surface area contributed by atoms with E-state index in [2.05, 4.69) is 17.2 Å². The zero-order valence-corrected chi connectivity index (χ0v) is 16.9. The van der Waals surface area contributed by atoms with Gasteiger partial charge in [0.25, 0.3) is 0 Å². The van der Waals surface area contributed by atoms with E-state index < -0.39 is 23.8 Å². The molecule has 1 unspecified atom stereocenters. The molecule has 2 aromatic carbocycles. The van der Waals surface area contributed by atoms with Crippen molar-refractivity contribution in [2.45, 2.75) is 26.3 Å². The molecule has 0 spiro atoms. The van der Waals surface area contributed by atoms with Gasteiger partial charge in [0.1, 0.15) is 5.75 Å². The Morgan fingerprint density at radius 2 is 1.77 bits per heavy atom. The molecule has 4 amide bonds. The van der Waals surface area contributed by atoms with Crippen LogP contribution in [0.5, 0.6) is 5.75 Å². The number of hydrogen-bond donors (Lipinski definition) is 1. The molecule has 1 fully saturated rings. The second kappa shape index (κ2) is 10.3. The SMILES string of the molecule is CCc1ccc(OCCCN=CC2C(=O)NC(=O)N(Cc3ccccc3)C2=O)cc1. The van der Waals surface area contributed by atoms with E-state index in [4.69, 9.17) is 4.74 Å². The van der Waals surface area contributed by atoms with Crippen molar-refractivity contribution in [1.82, 2.24) is 10.2 Å². The first kappa shape index (κ1) is 21.2. The number of aryl methyl sites for hydroxylation is 1. The highest BCUT2D eigenvalue weighted by Gasteiger charge is 2.39. The van der Waals surface area contributed by atoms with Gasteiger partial charge in [-0.15, -0.1) is 0 Å². The summed E-state index contributed by atoms with van der Waals surface area (Å²) >= 11 is 0. The van der Waals surface area contributed by atoms with Crippen LogP contribution in [0.15, 0.2) is 59.6 Å². The Balaban J connectivity index is 1.48. The summed E-state index contributed by atoms with van der Waals surface area (Å²) in [5.74, 6) is -1.52. The first-order valence-electron chi connectivity index (χ1n) is 10.00. The largest absolute Gasteiger partial charge is 0.494 e. The fraction of sp³-hybridized carbons (Fsp3) is 0.304. The lowest BCUT2D eigenvalue weighted by Crippen LogP contribution is -2.57. The number of carbonyl (C=O) groups is 3. The maximum absolute atomic E-state index is 12.6. The number of barbiturate groups is 1. The molecule has 0 aromatic heterocycles. The predicted molar refractivity (Wildman–Crippen MR) is 113 cm³/mol. The van der Waals surface area contributed by atoms with Crippen LogP contribution in [-0.4, -0.2) is 42.1 Å². The zero-order valence-electron chi connectivity index (χ0n) is 16.9. The molecular formula is C23H25N3O4. The van der Waals surface area contributed by atoms with Crippen LogP contribution in [0, 0.1) is 5.92 Å². The lowest BCUT2D eigenvalue weighted by atomic mass is 10.1. The summed E-state index contributed by atoms with van der Waals surface area (Å²) in [6.07, 6.45) is 2.94. The van der Waals surface area contributed by atoms with Crippen molar-refractivity contribution in [2.75, 3.05) is 13.2 Å². The van der Waals surface area contributed by atoms with Crippen LogP contribution < -0.4 is 10.1 Å². The smallest absolute Gasteiger partial charge is 0.331 e. The number of aliphatic imine (C=N–C) groups is 1. The summed E-state index contributed by atoms with van der Waals surface area (Å²) in [4.78, 5) is 42.0. The quantitative estimate of drug-likeness (QED) is 0.393. The van der Waals surface area contributed by atoms with E-state index in [0.29, 0.717) is 19.6 Å². The second-order valence-corrected chi connectivity index (χ2v) is 6.94. The molecule has 0 radical (unpaired) electrons. The van der Waals surface area contributed by atoms with Crippen LogP contribution in [0.4, 0.5) is 4.79 Å². The van der Waals surface area contributed by atoms with Crippen LogP contribution in [0.1, 0.15) is 24.5 Å².